The van der Waals surface area contributed by atoms with E-state index in [9.17, 15) is 9.59 Å². The lowest BCUT2D eigenvalue weighted by Gasteiger charge is -2.21. The molecule has 7 heteroatoms. The van der Waals surface area contributed by atoms with E-state index in [1.807, 2.05) is 0 Å². The van der Waals surface area contributed by atoms with Crippen LogP contribution in [0.15, 0.2) is 18.6 Å². The zero-order chi connectivity index (χ0) is 15.8. The average Bonchev–Trinajstić information content (AvgIpc) is 3.37. The summed E-state index contributed by atoms with van der Waals surface area (Å²) in [7, 11) is 1.63. The van der Waals surface area contributed by atoms with Crippen molar-refractivity contribution in [2.45, 2.75) is 31.7 Å². The number of methoxy groups -OCH3 is 1. The van der Waals surface area contributed by atoms with Crippen LogP contribution < -0.4 is 5.32 Å². The van der Waals surface area contributed by atoms with Gasteiger partial charge in [0.15, 0.2) is 0 Å². The number of carbonyl (C=O) groups is 2. The molecule has 0 saturated heterocycles. The van der Waals surface area contributed by atoms with Crippen LogP contribution in [-0.2, 0) is 9.53 Å². The molecule has 1 saturated carbocycles. The van der Waals surface area contributed by atoms with Gasteiger partial charge in [0.2, 0.25) is 5.91 Å². The Balaban J connectivity index is 1.80. The molecule has 1 aliphatic carbocycles. The summed E-state index contributed by atoms with van der Waals surface area (Å²) < 4.78 is 4.92. The molecular weight excluding hydrogens is 284 g/mol. The molecule has 1 aliphatic rings. The van der Waals surface area contributed by atoms with E-state index in [0.717, 1.165) is 19.3 Å². The van der Waals surface area contributed by atoms with E-state index in [2.05, 4.69) is 15.3 Å². The van der Waals surface area contributed by atoms with Gasteiger partial charge in [0.1, 0.15) is 5.69 Å². The molecule has 1 aromatic rings. The molecule has 1 aromatic heterocycles. The highest BCUT2D eigenvalue weighted by Crippen LogP contribution is 2.28. The van der Waals surface area contributed by atoms with Crippen molar-refractivity contribution in [3.63, 3.8) is 0 Å². The largest absolute Gasteiger partial charge is 0.385 e. The van der Waals surface area contributed by atoms with E-state index in [0.29, 0.717) is 31.8 Å². The van der Waals surface area contributed by atoms with Gasteiger partial charge in [0, 0.05) is 51.7 Å². The molecule has 120 valence electrons. The number of aromatic nitrogens is 2. The van der Waals surface area contributed by atoms with E-state index >= 15 is 0 Å². The van der Waals surface area contributed by atoms with Gasteiger partial charge in [-0.1, -0.05) is 0 Å². The van der Waals surface area contributed by atoms with Crippen LogP contribution in [0, 0.1) is 0 Å². The highest BCUT2D eigenvalue weighted by Gasteiger charge is 2.33. The first kappa shape index (κ1) is 16.4. The Hall–Kier alpha value is -2.02. The molecule has 2 rings (SSSR count). The molecule has 0 aliphatic heterocycles. The van der Waals surface area contributed by atoms with Gasteiger partial charge in [-0.15, -0.1) is 0 Å². The number of rotatable bonds is 9. The van der Waals surface area contributed by atoms with Crippen LogP contribution in [0.5, 0.6) is 0 Å². The molecule has 0 unspecified atom stereocenters. The summed E-state index contributed by atoms with van der Waals surface area (Å²) in [5, 5.41) is 2.83. The maximum Gasteiger partial charge on any atom is 0.274 e. The summed E-state index contributed by atoms with van der Waals surface area (Å²) in [5.74, 6) is -0.198. The summed E-state index contributed by atoms with van der Waals surface area (Å²) >= 11 is 0. The van der Waals surface area contributed by atoms with Crippen molar-refractivity contribution in [2.75, 3.05) is 26.8 Å². The first-order valence-electron chi connectivity index (χ1n) is 7.55. The van der Waals surface area contributed by atoms with Crippen LogP contribution in [0.4, 0.5) is 0 Å². The first-order chi connectivity index (χ1) is 10.7. The van der Waals surface area contributed by atoms with Gasteiger partial charge in [-0.2, -0.15) is 0 Å². The summed E-state index contributed by atoms with van der Waals surface area (Å²) in [6.45, 7) is 1.63. The van der Waals surface area contributed by atoms with Crippen LogP contribution in [0.3, 0.4) is 0 Å². The van der Waals surface area contributed by atoms with E-state index < -0.39 is 0 Å². The minimum absolute atomic E-state index is 0.0475. The third-order valence-electron chi connectivity index (χ3n) is 3.46. The van der Waals surface area contributed by atoms with Crippen LogP contribution >= 0.6 is 0 Å². The number of nitrogens with one attached hydrogen (secondary N) is 1. The zero-order valence-electron chi connectivity index (χ0n) is 12.8. The maximum atomic E-state index is 12.4. The van der Waals surface area contributed by atoms with Crippen molar-refractivity contribution >= 4 is 11.8 Å². The normalized spacial score (nSPS) is 13.7. The molecule has 7 nitrogen and oxygen atoms in total. The van der Waals surface area contributed by atoms with Gasteiger partial charge in [-0.05, 0) is 19.3 Å². The quantitative estimate of drug-likeness (QED) is 0.676. The lowest BCUT2D eigenvalue weighted by Crippen LogP contribution is -2.37. The monoisotopic (exact) mass is 306 g/mol. The predicted octanol–water partition coefficient (Wildman–Crippen LogP) is 0.624. The molecule has 0 radical (unpaired) electrons. The van der Waals surface area contributed by atoms with Crippen molar-refractivity contribution in [3.8, 4) is 0 Å². The maximum absolute atomic E-state index is 12.4. The highest BCUT2D eigenvalue weighted by atomic mass is 16.5. The summed E-state index contributed by atoms with van der Waals surface area (Å²) in [6, 6.07) is 0.232. The van der Waals surface area contributed by atoms with Crippen molar-refractivity contribution in [2.24, 2.45) is 0 Å². The lowest BCUT2D eigenvalue weighted by molar-refractivity contribution is -0.121. The van der Waals surface area contributed by atoms with Gasteiger partial charge in [0.05, 0.1) is 6.20 Å². The average molecular weight is 306 g/mol. The van der Waals surface area contributed by atoms with Crippen LogP contribution in [0.1, 0.15) is 36.2 Å². The fourth-order valence-corrected chi connectivity index (χ4v) is 2.15. The molecule has 0 aromatic carbocycles. The number of amides is 2. The Morgan fingerprint density at radius 3 is 2.86 bits per heavy atom. The second-order valence-electron chi connectivity index (χ2n) is 5.27. The summed E-state index contributed by atoms with van der Waals surface area (Å²) in [5.41, 5.74) is 0.329. The number of carbonyl (C=O) groups excluding carboxylic acids is 2. The Bertz CT molecular complexity index is 491. The van der Waals surface area contributed by atoms with Crippen molar-refractivity contribution in [1.29, 1.82) is 0 Å². The molecule has 0 spiro atoms. The van der Waals surface area contributed by atoms with Gasteiger partial charge in [-0.25, -0.2) is 4.98 Å². The Kier molecular flexibility index (Phi) is 6.27. The Labute approximate surface area is 130 Å². The number of nitrogens with zero attached hydrogens (tertiary/aromatic N) is 3. The molecule has 0 atom stereocenters. The molecular formula is C15H22N4O3. The smallest absolute Gasteiger partial charge is 0.274 e. The second-order valence-corrected chi connectivity index (χ2v) is 5.27. The number of hydrogen-bond donors (Lipinski definition) is 1. The van der Waals surface area contributed by atoms with Crippen LogP contribution in [-0.4, -0.2) is 59.5 Å². The molecule has 2 amide bonds. The first-order valence-corrected chi connectivity index (χ1v) is 7.55. The highest BCUT2D eigenvalue weighted by molar-refractivity contribution is 5.92. The summed E-state index contributed by atoms with van der Waals surface area (Å²) in [4.78, 5) is 33.9. The minimum atomic E-state index is -0.150. The third kappa shape index (κ3) is 5.07. The topological polar surface area (TPSA) is 84.4 Å². The standard InChI is InChI=1S/C15H22N4O3/c1-22-10-2-6-18-14(20)5-9-19(12-3-4-12)15(21)13-11-16-7-8-17-13/h7-8,11-12H,2-6,9-10H2,1H3,(H,18,20). The van der Waals surface area contributed by atoms with Gasteiger partial charge in [-0.3, -0.25) is 14.6 Å². The van der Waals surface area contributed by atoms with Gasteiger partial charge >= 0.3 is 0 Å². The van der Waals surface area contributed by atoms with Crippen molar-refractivity contribution in [1.82, 2.24) is 20.2 Å². The lowest BCUT2D eigenvalue weighted by atomic mass is 10.3. The fourth-order valence-electron chi connectivity index (χ4n) is 2.15. The van der Waals surface area contributed by atoms with E-state index in [-0.39, 0.29) is 17.9 Å². The number of hydrogen-bond acceptors (Lipinski definition) is 5. The van der Waals surface area contributed by atoms with Gasteiger partial charge < -0.3 is 15.0 Å². The van der Waals surface area contributed by atoms with E-state index in [4.69, 9.17) is 4.74 Å². The molecule has 1 heterocycles. The fraction of sp³-hybridized carbons (Fsp3) is 0.600. The predicted molar refractivity (Wildman–Crippen MR) is 80.2 cm³/mol. The molecule has 1 fully saturated rings. The van der Waals surface area contributed by atoms with Crippen LogP contribution in [0.25, 0.3) is 0 Å². The molecule has 1 N–H and O–H groups in total. The SMILES string of the molecule is COCCCNC(=O)CCN(C(=O)c1cnccn1)C1CC1. The van der Waals surface area contributed by atoms with E-state index in [1.165, 1.54) is 18.6 Å². The number of ether oxygens (including phenoxy) is 1. The third-order valence-corrected chi connectivity index (χ3v) is 3.46. The Morgan fingerprint density at radius 2 is 2.23 bits per heavy atom. The zero-order valence-corrected chi connectivity index (χ0v) is 12.8. The summed E-state index contributed by atoms with van der Waals surface area (Å²) in [6.07, 6.45) is 7.56. The minimum Gasteiger partial charge on any atom is -0.385 e. The van der Waals surface area contributed by atoms with E-state index in [1.54, 1.807) is 12.0 Å². The van der Waals surface area contributed by atoms with Gasteiger partial charge in [0.25, 0.3) is 5.91 Å². The van der Waals surface area contributed by atoms with Crippen LogP contribution in [0.2, 0.25) is 0 Å². The van der Waals surface area contributed by atoms with Crippen molar-refractivity contribution < 1.29 is 14.3 Å². The molecule has 22 heavy (non-hydrogen) atoms. The second kappa shape index (κ2) is 8.43. The molecule has 0 bridgehead atoms. The Morgan fingerprint density at radius 1 is 1.41 bits per heavy atom. The van der Waals surface area contributed by atoms with Crippen molar-refractivity contribution in [3.05, 3.63) is 24.3 Å².